The number of hydrogen-bond acceptors (Lipinski definition) is 3. The molecule has 0 amide bonds. The molecule has 160 valence electrons. The van der Waals surface area contributed by atoms with Gasteiger partial charge in [-0.2, -0.15) is 0 Å². The number of rotatable bonds is 3. The van der Waals surface area contributed by atoms with E-state index < -0.39 is 0 Å². The van der Waals surface area contributed by atoms with Gasteiger partial charge in [0, 0.05) is 48.8 Å². The van der Waals surface area contributed by atoms with Gasteiger partial charge in [-0.15, -0.1) is 12.4 Å². The number of likely N-dealkylation sites (tertiary alicyclic amines) is 1. The van der Waals surface area contributed by atoms with Gasteiger partial charge >= 0.3 is 0 Å². The van der Waals surface area contributed by atoms with Crippen LogP contribution in [0.25, 0.3) is 5.57 Å². The van der Waals surface area contributed by atoms with Crippen molar-refractivity contribution < 1.29 is 0 Å². The van der Waals surface area contributed by atoms with Crippen molar-refractivity contribution in [1.82, 2.24) is 14.9 Å². The summed E-state index contributed by atoms with van der Waals surface area (Å²) in [5, 5.41) is 0.822. The lowest BCUT2D eigenvalue weighted by Crippen LogP contribution is -2.33. The van der Waals surface area contributed by atoms with E-state index in [2.05, 4.69) is 40.2 Å². The van der Waals surface area contributed by atoms with Crippen molar-refractivity contribution >= 4 is 29.6 Å². The third kappa shape index (κ3) is 4.85. The Kier molecular flexibility index (Phi) is 7.06. The molecular formula is C26H27Cl2N3. The zero-order valence-corrected chi connectivity index (χ0v) is 19.1. The van der Waals surface area contributed by atoms with Crippen molar-refractivity contribution in [3.63, 3.8) is 0 Å². The van der Waals surface area contributed by atoms with Gasteiger partial charge in [0.15, 0.2) is 0 Å². The molecule has 2 aliphatic rings. The molecule has 1 aliphatic carbocycles. The van der Waals surface area contributed by atoms with Gasteiger partial charge in [-0.3, -0.25) is 9.97 Å². The molecule has 1 aromatic carbocycles. The fourth-order valence-electron chi connectivity index (χ4n) is 4.76. The van der Waals surface area contributed by atoms with Gasteiger partial charge in [-0.05, 0) is 78.6 Å². The minimum atomic E-state index is 0. The number of nitrogens with zero attached hydrogens (tertiary/aromatic N) is 3. The highest BCUT2D eigenvalue weighted by Crippen LogP contribution is 2.38. The predicted octanol–water partition coefficient (Wildman–Crippen LogP) is 5.79. The molecular weight excluding hydrogens is 425 g/mol. The highest BCUT2D eigenvalue weighted by atomic mass is 35.5. The number of pyridine rings is 2. The van der Waals surface area contributed by atoms with Crippen molar-refractivity contribution in [3.8, 4) is 0 Å². The molecule has 0 N–H and O–H groups in total. The summed E-state index contributed by atoms with van der Waals surface area (Å²) in [5.41, 5.74) is 9.43. The second-order valence-electron chi connectivity index (χ2n) is 8.24. The Balaban J connectivity index is 0.00000231. The fraction of sp³-hybridized carbons (Fsp3) is 0.308. The van der Waals surface area contributed by atoms with Gasteiger partial charge in [-0.1, -0.05) is 35.4 Å². The Hall–Kier alpha value is -2.20. The molecule has 0 saturated carbocycles. The minimum Gasteiger partial charge on any atom is -0.302 e. The summed E-state index contributed by atoms with van der Waals surface area (Å²) in [6.45, 7) is 3.30. The first-order chi connectivity index (χ1) is 14.8. The first-order valence-corrected chi connectivity index (χ1v) is 11.2. The first-order valence-electron chi connectivity index (χ1n) is 10.8. The Morgan fingerprint density at radius 3 is 2.52 bits per heavy atom. The molecule has 1 fully saturated rings. The Labute approximate surface area is 195 Å². The number of aryl methyl sites for hydroxylation is 2. The zero-order chi connectivity index (χ0) is 20.3. The number of halogens is 2. The molecule has 3 nitrogen and oxygen atoms in total. The monoisotopic (exact) mass is 451 g/mol. The molecule has 31 heavy (non-hydrogen) atoms. The number of hydrogen-bond donors (Lipinski definition) is 0. The summed E-state index contributed by atoms with van der Waals surface area (Å²) in [6, 6.07) is 14.9. The maximum absolute atomic E-state index is 6.34. The van der Waals surface area contributed by atoms with Crippen LogP contribution in [-0.4, -0.2) is 34.5 Å². The van der Waals surface area contributed by atoms with E-state index in [1.54, 1.807) is 0 Å². The average molecular weight is 452 g/mol. The van der Waals surface area contributed by atoms with Crippen LogP contribution in [-0.2, 0) is 19.3 Å². The SMILES string of the molecule is Cl.Clc1ccc2c(c1)CCc1cccnc1C2=C1CCN(CCc2cccnc2)CC1. The van der Waals surface area contributed by atoms with E-state index in [4.69, 9.17) is 16.6 Å². The van der Waals surface area contributed by atoms with Crippen molar-refractivity contribution in [2.75, 3.05) is 19.6 Å². The third-order valence-electron chi connectivity index (χ3n) is 6.38. The van der Waals surface area contributed by atoms with Gasteiger partial charge < -0.3 is 4.90 Å². The molecule has 5 heteroatoms. The molecule has 3 aromatic rings. The fourth-order valence-corrected chi connectivity index (χ4v) is 4.96. The Morgan fingerprint density at radius 2 is 1.71 bits per heavy atom. The van der Waals surface area contributed by atoms with Crippen LogP contribution in [0.5, 0.6) is 0 Å². The number of piperidine rings is 1. The summed E-state index contributed by atoms with van der Waals surface area (Å²) < 4.78 is 0. The summed E-state index contributed by atoms with van der Waals surface area (Å²) in [6.07, 6.45) is 11.0. The lowest BCUT2D eigenvalue weighted by Gasteiger charge is -2.30. The Bertz CT molecular complexity index is 1070. The first kappa shape index (κ1) is 22.0. The van der Waals surface area contributed by atoms with Crippen LogP contribution in [0.4, 0.5) is 0 Å². The van der Waals surface area contributed by atoms with Gasteiger partial charge in [0.05, 0.1) is 5.69 Å². The van der Waals surface area contributed by atoms with Crippen LogP contribution >= 0.6 is 24.0 Å². The topological polar surface area (TPSA) is 29.0 Å². The van der Waals surface area contributed by atoms with Crippen LogP contribution in [0.3, 0.4) is 0 Å². The molecule has 1 saturated heterocycles. The summed E-state index contributed by atoms with van der Waals surface area (Å²) in [7, 11) is 0. The molecule has 1 aliphatic heterocycles. The molecule has 0 spiro atoms. The molecule has 0 atom stereocenters. The quantitative estimate of drug-likeness (QED) is 0.504. The maximum atomic E-state index is 6.34. The molecule has 2 aromatic heterocycles. The predicted molar refractivity (Wildman–Crippen MR) is 130 cm³/mol. The number of aromatic nitrogens is 2. The lowest BCUT2D eigenvalue weighted by molar-refractivity contribution is 0.260. The second-order valence-corrected chi connectivity index (χ2v) is 8.68. The van der Waals surface area contributed by atoms with Crippen LogP contribution in [0, 0.1) is 0 Å². The molecule has 0 bridgehead atoms. The van der Waals surface area contributed by atoms with E-state index >= 15 is 0 Å². The molecule has 5 rings (SSSR count). The van der Waals surface area contributed by atoms with Crippen LogP contribution in [0.2, 0.25) is 5.02 Å². The van der Waals surface area contributed by atoms with Crippen molar-refractivity contribution in [3.05, 3.63) is 99.6 Å². The highest BCUT2D eigenvalue weighted by Gasteiger charge is 2.25. The normalized spacial score (nSPS) is 16.2. The minimum absolute atomic E-state index is 0. The summed E-state index contributed by atoms with van der Waals surface area (Å²) >= 11 is 6.34. The summed E-state index contributed by atoms with van der Waals surface area (Å²) in [5.74, 6) is 0. The van der Waals surface area contributed by atoms with Crippen molar-refractivity contribution in [2.45, 2.75) is 32.1 Å². The van der Waals surface area contributed by atoms with Crippen LogP contribution in [0.15, 0.2) is 66.6 Å². The smallest absolute Gasteiger partial charge is 0.0739 e. The van der Waals surface area contributed by atoms with Gasteiger partial charge in [0.25, 0.3) is 0 Å². The van der Waals surface area contributed by atoms with E-state index in [9.17, 15) is 0 Å². The second kappa shape index (κ2) is 9.95. The van der Waals surface area contributed by atoms with Crippen molar-refractivity contribution in [1.29, 1.82) is 0 Å². The average Bonchev–Trinajstić information content (AvgIpc) is 2.95. The van der Waals surface area contributed by atoms with Gasteiger partial charge in [0.1, 0.15) is 0 Å². The van der Waals surface area contributed by atoms with Crippen molar-refractivity contribution in [2.24, 2.45) is 0 Å². The number of fused-ring (bicyclic) bond motifs is 2. The standard InChI is InChI=1S/C26H26ClN3.ClH/c27-23-7-8-24-22(17-23)6-5-21-4-2-13-29-26(21)25(24)20-10-15-30(16-11-20)14-9-19-3-1-12-28-18-19;/h1-4,7-8,12-13,17-18H,5-6,9-11,14-16H2;1H. The number of benzene rings is 1. The maximum Gasteiger partial charge on any atom is 0.0739 e. The van der Waals surface area contributed by atoms with Crippen LogP contribution in [0.1, 0.15) is 40.8 Å². The van der Waals surface area contributed by atoms with E-state index in [0.717, 1.165) is 56.8 Å². The van der Waals surface area contributed by atoms with E-state index in [1.165, 1.54) is 39.1 Å². The van der Waals surface area contributed by atoms with Gasteiger partial charge in [-0.25, -0.2) is 0 Å². The van der Waals surface area contributed by atoms with E-state index in [1.807, 2.05) is 30.7 Å². The highest BCUT2D eigenvalue weighted by molar-refractivity contribution is 6.30. The molecule has 3 heterocycles. The zero-order valence-electron chi connectivity index (χ0n) is 17.6. The molecule has 0 radical (unpaired) electrons. The van der Waals surface area contributed by atoms with E-state index in [-0.39, 0.29) is 12.4 Å². The molecule has 0 unspecified atom stereocenters. The largest absolute Gasteiger partial charge is 0.302 e. The van der Waals surface area contributed by atoms with Gasteiger partial charge in [0.2, 0.25) is 0 Å². The Morgan fingerprint density at radius 1 is 0.903 bits per heavy atom. The van der Waals surface area contributed by atoms with E-state index in [0.29, 0.717) is 0 Å². The van der Waals surface area contributed by atoms with Crippen LogP contribution < -0.4 is 0 Å². The third-order valence-corrected chi connectivity index (χ3v) is 6.62. The lowest BCUT2D eigenvalue weighted by atomic mass is 9.88. The summed E-state index contributed by atoms with van der Waals surface area (Å²) in [4.78, 5) is 11.7.